The highest BCUT2D eigenvalue weighted by Gasteiger charge is 2.44. The number of fused-ring (bicyclic) bond motifs is 2. The average molecular weight is 931 g/mol. The van der Waals surface area contributed by atoms with Gasteiger partial charge >= 0.3 is 0 Å². The SMILES string of the molecule is Cc1ccc(-c2cc(Oc3cccc(-c4cc(-c5c(C(C)C)cccc5C(C)C)ccn4)c3)c3c(c2)B(c2c(C(C)C)cccc2C(C)C)c2ccccc2B3c2c(C(C)C)cccc2C(C)C)nc1C. The van der Waals surface area contributed by atoms with Crippen molar-refractivity contribution in [2.24, 2.45) is 0 Å². The molecule has 0 saturated carbocycles. The molecule has 0 saturated heterocycles. The molecule has 358 valence electrons. The third kappa shape index (κ3) is 9.46. The van der Waals surface area contributed by atoms with E-state index in [0.29, 0.717) is 35.5 Å². The number of nitrogens with zero attached hydrogens (tertiary/aromatic N) is 2. The van der Waals surface area contributed by atoms with E-state index in [9.17, 15) is 0 Å². The molecule has 9 rings (SSSR count). The van der Waals surface area contributed by atoms with Gasteiger partial charge in [0.1, 0.15) is 11.5 Å². The van der Waals surface area contributed by atoms with Crippen molar-refractivity contribution in [2.45, 2.75) is 132 Å². The van der Waals surface area contributed by atoms with Gasteiger partial charge in [0.25, 0.3) is 0 Å². The predicted octanol–water partition coefficient (Wildman–Crippen LogP) is 14.0. The van der Waals surface area contributed by atoms with Gasteiger partial charge in [-0.3, -0.25) is 9.97 Å². The molecule has 5 heteroatoms. The van der Waals surface area contributed by atoms with Gasteiger partial charge in [0.15, 0.2) is 0 Å². The molecular weight excluding hydrogens is 858 g/mol. The van der Waals surface area contributed by atoms with Gasteiger partial charge in [0.2, 0.25) is 13.4 Å². The minimum atomic E-state index is -0.100. The Hall–Kier alpha value is -6.45. The smallest absolute Gasteiger partial charge is 0.245 e. The van der Waals surface area contributed by atoms with Crippen molar-refractivity contribution >= 4 is 46.2 Å². The second-order valence-electron chi connectivity index (χ2n) is 22.1. The summed E-state index contributed by atoms with van der Waals surface area (Å²) in [4.78, 5) is 10.3. The molecule has 6 aromatic carbocycles. The molecule has 0 unspecified atom stereocenters. The van der Waals surface area contributed by atoms with Crippen LogP contribution in [0.3, 0.4) is 0 Å². The largest absolute Gasteiger partial charge is 0.458 e. The molecule has 0 spiro atoms. The van der Waals surface area contributed by atoms with Crippen LogP contribution < -0.4 is 37.5 Å². The molecule has 3 heterocycles. The molecule has 0 aliphatic carbocycles. The maximum absolute atomic E-state index is 7.62. The molecule has 0 N–H and O–H groups in total. The normalized spacial score (nSPS) is 12.5. The number of aryl methyl sites for hydroxylation is 2. The summed E-state index contributed by atoms with van der Waals surface area (Å²) in [6.07, 6.45) is 1.97. The van der Waals surface area contributed by atoms with Crippen molar-refractivity contribution in [1.82, 2.24) is 9.97 Å². The zero-order chi connectivity index (χ0) is 50.4. The molecule has 2 aromatic heterocycles. The van der Waals surface area contributed by atoms with Crippen molar-refractivity contribution in [3.8, 4) is 45.1 Å². The first-order valence-corrected chi connectivity index (χ1v) is 26.4. The van der Waals surface area contributed by atoms with E-state index in [-0.39, 0.29) is 13.4 Å². The fraction of sp³-hybridized carbons (Fsp3) is 0.303. The van der Waals surface area contributed by atoms with E-state index in [1.807, 2.05) is 6.20 Å². The van der Waals surface area contributed by atoms with E-state index in [1.165, 1.54) is 82.8 Å². The topological polar surface area (TPSA) is 35.0 Å². The predicted molar refractivity (Wildman–Crippen MR) is 308 cm³/mol. The molecule has 1 aliphatic heterocycles. The van der Waals surface area contributed by atoms with E-state index >= 15 is 0 Å². The minimum Gasteiger partial charge on any atom is -0.458 e. The summed E-state index contributed by atoms with van der Waals surface area (Å²) >= 11 is 0. The van der Waals surface area contributed by atoms with E-state index in [4.69, 9.17) is 14.7 Å². The van der Waals surface area contributed by atoms with Crippen LogP contribution in [0.4, 0.5) is 0 Å². The second kappa shape index (κ2) is 20.3. The van der Waals surface area contributed by atoms with E-state index in [1.54, 1.807) is 0 Å². The summed E-state index contributed by atoms with van der Waals surface area (Å²) < 4.78 is 7.62. The molecule has 71 heavy (non-hydrogen) atoms. The second-order valence-corrected chi connectivity index (χ2v) is 22.1. The Morgan fingerprint density at radius 1 is 0.394 bits per heavy atom. The lowest BCUT2D eigenvalue weighted by atomic mass is 9.19. The molecule has 1 aliphatic rings. The fourth-order valence-electron chi connectivity index (χ4n) is 11.5. The average Bonchev–Trinajstić information content (AvgIpc) is 3.35. The Balaban J connectivity index is 1.34. The Morgan fingerprint density at radius 2 is 0.901 bits per heavy atom. The van der Waals surface area contributed by atoms with Crippen LogP contribution >= 0.6 is 0 Å². The third-order valence-electron chi connectivity index (χ3n) is 15.2. The Kier molecular flexibility index (Phi) is 14.2. The van der Waals surface area contributed by atoms with Crippen molar-refractivity contribution < 1.29 is 4.74 Å². The van der Waals surface area contributed by atoms with Gasteiger partial charge in [-0.15, -0.1) is 0 Å². The van der Waals surface area contributed by atoms with Crippen LogP contribution in [-0.2, 0) is 0 Å². The first-order valence-electron chi connectivity index (χ1n) is 26.4. The molecule has 0 atom stereocenters. The van der Waals surface area contributed by atoms with Crippen molar-refractivity contribution in [3.05, 3.63) is 190 Å². The summed E-state index contributed by atoms with van der Waals surface area (Å²) in [7, 11) is 0. The quantitative estimate of drug-likeness (QED) is 0.108. The maximum atomic E-state index is 7.62. The van der Waals surface area contributed by atoms with Crippen molar-refractivity contribution in [2.75, 3.05) is 0 Å². The molecule has 0 radical (unpaired) electrons. The van der Waals surface area contributed by atoms with Crippen LogP contribution in [-0.4, -0.2) is 23.4 Å². The summed E-state index contributed by atoms with van der Waals surface area (Å²) in [5.41, 5.74) is 24.9. The zero-order valence-electron chi connectivity index (χ0n) is 44.8. The van der Waals surface area contributed by atoms with E-state index in [2.05, 4.69) is 236 Å². The van der Waals surface area contributed by atoms with Crippen molar-refractivity contribution in [1.29, 1.82) is 0 Å². The molecule has 0 amide bonds. The van der Waals surface area contributed by atoms with Gasteiger partial charge < -0.3 is 4.74 Å². The lowest BCUT2D eigenvalue weighted by Crippen LogP contribution is -2.76. The number of hydrogen-bond donors (Lipinski definition) is 0. The molecule has 8 aromatic rings. The number of benzene rings is 6. The minimum absolute atomic E-state index is 0.0567. The fourth-order valence-corrected chi connectivity index (χ4v) is 11.5. The number of hydrogen-bond acceptors (Lipinski definition) is 3. The lowest BCUT2D eigenvalue weighted by molar-refractivity contribution is 0.487. The van der Waals surface area contributed by atoms with Crippen LogP contribution in [0.25, 0.3) is 33.6 Å². The monoisotopic (exact) mass is 931 g/mol. The van der Waals surface area contributed by atoms with Crippen molar-refractivity contribution in [3.63, 3.8) is 0 Å². The lowest BCUT2D eigenvalue weighted by Gasteiger charge is -2.38. The van der Waals surface area contributed by atoms with Crippen LogP contribution in [0.5, 0.6) is 11.5 Å². The number of pyridine rings is 2. The summed E-state index contributed by atoms with van der Waals surface area (Å²) in [5, 5.41) is 0. The Labute approximate surface area is 426 Å². The highest BCUT2D eigenvalue weighted by Crippen LogP contribution is 2.38. The van der Waals surface area contributed by atoms with Gasteiger partial charge in [-0.1, -0.05) is 214 Å². The number of ether oxygens (including phenoxy) is 1. The van der Waals surface area contributed by atoms with Crippen LogP contribution in [0.15, 0.2) is 146 Å². The maximum Gasteiger partial charge on any atom is 0.245 e. The van der Waals surface area contributed by atoms with Crippen LogP contribution in [0.1, 0.15) is 163 Å². The van der Waals surface area contributed by atoms with Crippen LogP contribution in [0.2, 0.25) is 0 Å². The van der Waals surface area contributed by atoms with Gasteiger partial charge in [0.05, 0.1) is 11.4 Å². The van der Waals surface area contributed by atoms with E-state index in [0.717, 1.165) is 39.7 Å². The molecule has 0 bridgehead atoms. The van der Waals surface area contributed by atoms with Gasteiger partial charge in [-0.25, -0.2) is 0 Å². The van der Waals surface area contributed by atoms with Gasteiger partial charge in [-0.2, -0.15) is 0 Å². The molecule has 3 nitrogen and oxygen atoms in total. The standard InChI is InChI=1S/C66H72B2N2O/c1-39(2)51-23-18-24-52(40(3)4)63(51)48-33-34-69-61(37-48)47-21-17-22-50(35-47)71-62-38-49(60-32-31-45(13)46(14)70-60)36-59-66(62)68(65-55(43(9)10)27-20-28-56(65)44(11)12)58-30-16-15-29-57(58)67(59)64-53(41(5)6)25-19-26-54(64)42(7)8/h15-44H,1-14H3. The first kappa shape index (κ1) is 49.5. The van der Waals surface area contributed by atoms with E-state index < -0.39 is 0 Å². The summed E-state index contributed by atoms with van der Waals surface area (Å²) in [6.45, 7) is 32.1. The number of rotatable bonds is 13. The van der Waals surface area contributed by atoms with Crippen LogP contribution in [0, 0.1) is 13.8 Å². The molecule has 0 fully saturated rings. The van der Waals surface area contributed by atoms with Gasteiger partial charge in [0, 0.05) is 23.0 Å². The summed E-state index contributed by atoms with van der Waals surface area (Å²) in [6, 6.07) is 52.3. The summed E-state index contributed by atoms with van der Waals surface area (Å²) in [5.74, 6) is 3.64. The molecular formula is C66H72B2N2O. The highest BCUT2D eigenvalue weighted by atomic mass is 16.5. The Morgan fingerprint density at radius 3 is 1.44 bits per heavy atom. The number of aromatic nitrogens is 2. The first-order chi connectivity index (χ1) is 34.0. The van der Waals surface area contributed by atoms with Gasteiger partial charge in [-0.05, 0) is 141 Å². The third-order valence-corrected chi connectivity index (χ3v) is 15.2. The Bertz CT molecular complexity index is 3170. The highest BCUT2D eigenvalue weighted by molar-refractivity contribution is 7.12. The zero-order valence-corrected chi connectivity index (χ0v) is 44.8.